The van der Waals surface area contributed by atoms with Gasteiger partial charge in [-0.1, -0.05) is 12.7 Å². The van der Waals surface area contributed by atoms with E-state index >= 15 is 0 Å². The zero-order valence-electron chi connectivity index (χ0n) is 8.56. The van der Waals surface area contributed by atoms with Gasteiger partial charge < -0.3 is 14.2 Å². The first-order valence-electron chi connectivity index (χ1n) is 4.19. The summed E-state index contributed by atoms with van der Waals surface area (Å²) in [5.41, 5.74) is 0. The fraction of sp³-hybridized carbons (Fsp3) is 0.500. The second-order valence-electron chi connectivity index (χ2n) is 2.51. The molecule has 2 atom stereocenters. The SMILES string of the molecule is C=CC[C@@H](OC(C=C)OC)C(=O)OC. The van der Waals surface area contributed by atoms with Gasteiger partial charge in [0.2, 0.25) is 0 Å². The fourth-order valence-electron chi connectivity index (χ4n) is 0.859. The van der Waals surface area contributed by atoms with E-state index < -0.39 is 18.4 Å². The van der Waals surface area contributed by atoms with Crippen LogP contribution >= 0.6 is 0 Å². The summed E-state index contributed by atoms with van der Waals surface area (Å²) in [6.07, 6.45) is 2.11. The zero-order valence-corrected chi connectivity index (χ0v) is 8.56. The van der Waals surface area contributed by atoms with Crippen LogP contribution in [0.15, 0.2) is 25.3 Å². The van der Waals surface area contributed by atoms with Crippen molar-refractivity contribution in [1.29, 1.82) is 0 Å². The average Bonchev–Trinajstić information content (AvgIpc) is 2.23. The Bertz CT molecular complexity index is 200. The summed E-state index contributed by atoms with van der Waals surface area (Å²) >= 11 is 0. The molecule has 0 aromatic carbocycles. The Morgan fingerprint density at radius 1 is 1.43 bits per heavy atom. The van der Waals surface area contributed by atoms with Gasteiger partial charge in [0.05, 0.1) is 7.11 Å². The third kappa shape index (κ3) is 4.20. The monoisotopic (exact) mass is 200 g/mol. The van der Waals surface area contributed by atoms with E-state index in [0.717, 1.165) is 0 Å². The molecule has 4 heteroatoms. The predicted octanol–water partition coefficient (Wildman–Crippen LogP) is 1.28. The molecule has 4 nitrogen and oxygen atoms in total. The largest absolute Gasteiger partial charge is 0.467 e. The summed E-state index contributed by atoms with van der Waals surface area (Å²) in [5.74, 6) is -0.450. The summed E-state index contributed by atoms with van der Waals surface area (Å²) < 4.78 is 14.7. The van der Waals surface area contributed by atoms with Crippen LogP contribution in [0.5, 0.6) is 0 Å². The van der Waals surface area contributed by atoms with Crippen LogP contribution < -0.4 is 0 Å². The van der Waals surface area contributed by atoms with Crippen LogP contribution in [-0.4, -0.2) is 32.6 Å². The van der Waals surface area contributed by atoms with Crippen molar-refractivity contribution in [3.05, 3.63) is 25.3 Å². The standard InChI is InChI=1S/C10H16O4/c1-5-7-8(10(11)13-4)14-9(6-2)12-3/h5-6,8-9H,1-2,7H2,3-4H3/t8-,9?/m1/s1. The molecule has 0 aliphatic rings. The van der Waals surface area contributed by atoms with E-state index in [4.69, 9.17) is 9.47 Å². The van der Waals surface area contributed by atoms with Crippen LogP contribution in [0.1, 0.15) is 6.42 Å². The van der Waals surface area contributed by atoms with E-state index in [1.54, 1.807) is 6.08 Å². The minimum atomic E-state index is -0.694. The molecule has 0 saturated carbocycles. The summed E-state index contributed by atoms with van der Waals surface area (Å²) in [6.45, 7) is 7.02. The molecule has 0 aliphatic carbocycles. The van der Waals surface area contributed by atoms with Gasteiger partial charge in [-0.15, -0.1) is 6.58 Å². The number of methoxy groups -OCH3 is 2. The highest BCUT2D eigenvalue weighted by molar-refractivity contribution is 5.74. The smallest absolute Gasteiger partial charge is 0.335 e. The van der Waals surface area contributed by atoms with Crippen molar-refractivity contribution in [2.45, 2.75) is 18.8 Å². The van der Waals surface area contributed by atoms with Crippen molar-refractivity contribution in [3.63, 3.8) is 0 Å². The van der Waals surface area contributed by atoms with Crippen LogP contribution in [0.3, 0.4) is 0 Å². The fourth-order valence-corrected chi connectivity index (χ4v) is 0.859. The van der Waals surface area contributed by atoms with Gasteiger partial charge in [0.25, 0.3) is 0 Å². The molecule has 0 spiro atoms. The molecule has 14 heavy (non-hydrogen) atoms. The van der Waals surface area contributed by atoms with Gasteiger partial charge in [0, 0.05) is 13.5 Å². The molecule has 1 unspecified atom stereocenters. The summed E-state index contributed by atoms with van der Waals surface area (Å²) in [6, 6.07) is 0. The summed E-state index contributed by atoms with van der Waals surface area (Å²) in [5, 5.41) is 0. The van der Waals surface area contributed by atoms with Gasteiger partial charge in [-0.05, 0) is 6.08 Å². The quantitative estimate of drug-likeness (QED) is 0.353. The van der Waals surface area contributed by atoms with E-state index in [0.29, 0.717) is 6.42 Å². The van der Waals surface area contributed by atoms with E-state index in [-0.39, 0.29) is 0 Å². The third-order valence-corrected chi connectivity index (χ3v) is 1.57. The lowest BCUT2D eigenvalue weighted by atomic mass is 10.2. The zero-order chi connectivity index (χ0) is 11.0. The number of rotatable bonds is 7. The lowest BCUT2D eigenvalue weighted by molar-refractivity contribution is -0.173. The number of carbonyl (C=O) groups is 1. The van der Waals surface area contributed by atoms with Crippen LogP contribution in [0.2, 0.25) is 0 Å². The molecule has 0 aliphatic heterocycles. The van der Waals surface area contributed by atoms with Crippen molar-refractivity contribution in [3.8, 4) is 0 Å². The normalized spacial score (nSPS) is 14.1. The highest BCUT2D eigenvalue weighted by Gasteiger charge is 2.21. The molecule has 0 N–H and O–H groups in total. The minimum Gasteiger partial charge on any atom is -0.467 e. The Morgan fingerprint density at radius 2 is 2.07 bits per heavy atom. The van der Waals surface area contributed by atoms with Gasteiger partial charge in [-0.3, -0.25) is 0 Å². The maximum Gasteiger partial charge on any atom is 0.335 e. The Hall–Kier alpha value is -1.13. The average molecular weight is 200 g/mol. The number of esters is 1. The van der Waals surface area contributed by atoms with E-state index in [1.807, 2.05) is 0 Å². The van der Waals surface area contributed by atoms with Gasteiger partial charge in [0.1, 0.15) is 0 Å². The highest BCUT2D eigenvalue weighted by atomic mass is 16.7. The Balaban J connectivity index is 4.26. The summed E-state index contributed by atoms with van der Waals surface area (Å²) in [7, 11) is 2.77. The molecule has 0 bridgehead atoms. The Morgan fingerprint density at radius 3 is 2.43 bits per heavy atom. The maximum absolute atomic E-state index is 11.2. The highest BCUT2D eigenvalue weighted by Crippen LogP contribution is 2.07. The Labute approximate surface area is 84.1 Å². The Kier molecular flexibility index (Phi) is 6.70. The summed E-state index contributed by atoms with van der Waals surface area (Å²) in [4.78, 5) is 11.2. The van der Waals surface area contributed by atoms with Crippen molar-refractivity contribution in [2.24, 2.45) is 0 Å². The van der Waals surface area contributed by atoms with Crippen molar-refractivity contribution in [1.82, 2.24) is 0 Å². The van der Waals surface area contributed by atoms with Crippen LogP contribution in [0, 0.1) is 0 Å². The van der Waals surface area contributed by atoms with E-state index in [9.17, 15) is 4.79 Å². The number of hydrogen-bond donors (Lipinski definition) is 0. The lowest BCUT2D eigenvalue weighted by Crippen LogP contribution is -2.30. The third-order valence-electron chi connectivity index (χ3n) is 1.57. The van der Waals surface area contributed by atoms with E-state index in [2.05, 4.69) is 17.9 Å². The van der Waals surface area contributed by atoms with Crippen molar-refractivity contribution in [2.75, 3.05) is 14.2 Å². The molecule has 0 amide bonds. The molecule has 0 rings (SSSR count). The molecule has 0 fully saturated rings. The molecular weight excluding hydrogens is 184 g/mol. The first kappa shape index (κ1) is 12.9. The molecule has 0 aromatic heterocycles. The van der Waals surface area contributed by atoms with Crippen molar-refractivity contribution >= 4 is 5.97 Å². The van der Waals surface area contributed by atoms with E-state index in [1.165, 1.54) is 20.3 Å². The van der Waals surface area contributed by atoms with Gasteiger partial charge in [-0.25, -0.2) is 4.79 Å². The second kappa shape index (κ2) is 7.29. The molecule has 0 heterocycles. The lowest BCUT2D eigenvalue weighted by Gasteiger charge is -2.18. The first-order chi connectivity index (χ1) is 6.69. The molecule has 0 radical (unpaired) electrons. The van der Waals surface area contributed by atoms with Crippen LogP contribution in [0.25, 0.3) is 0 Å². The number of hydrogen-bond acceptors (Lipinski definition) is 4. The van der Waals surface area contributed by atoms with Crippen LogP contribution in [0.4, 0.5) is 0 Å². The molecule has 80 valence electrons. The molecule has 0 saturated heterocycles. The van der Waals surface area contributed by atoms with Gasteiger partial charge in [-0.2, -0.15) is 0 Å². The minimum absolute atomic E-state index is 0.375. The number of carbonyl (C=O) groups excluding carboxylic acids is 1. The van der Waals surface area contributed by atoms with Gasteiger partial charge in [0.15, 0.2) is 12.4 Å². The topological polar surface area (TPSA) is 44.8 Å². The maximum atomic E-state index is 11.2. The first-order valence-corrected chi connectivity index (χ1v) is 4.19. The van der Waals surface area contributed by atoms with Crippen molar-refractivity contribution < 1.29 is 19.0 Å². The molecular formula is C10H16O4. The second-order valence-corrected chi connectivity index (χ2v) is 2.51. The van der Waals surface area contributed by atoms with Gasteiger partial charge >= 0.3 is 5.97 Å². The predicted molar refractivity (Wildman–Crippen MR) is 52.7 cm³/mol. The van der Waals surface area contributed by atoms with Crippen LogP contribution in [-0.2, 0) is 19.0 Å². The molecule has 0 aromatic rings. The number of ether oxygens (including phenoxy) is 3.